The lowest BCUT2D eigenvalue weighted by atomic mass is 9.92. The Morgan fingerprint density at radius 2 is 2.18 bits per heavy atom. The van der Waals surface area contributed by atoms with E-state index < -0.39 is 5.97 Å². The third-order valence-electron chi connectivity index (χ3n) is 2.27. The quantitative estimate of drug-likeness (QED) is 0.868. The number of nitrogens with one attached hydrogen (secondary N) is 1. The molecule has 0 aliphatic heterocycles. The Balaban J connectivity index is 2.67. The van der Waals surface area contributed by atoms with Crippen molar-refractivity contribution in [2.24, 2.45) is 5.41 Å². The van der Waals surface area contributed by atoms with E-state index >= 15 is 0 Å². The molecule has 0 unspecified atom stereocenters. The van der Waals surface area contributed by atoms with Crippen LogP contribution in [0.2, 0.25) is 5.02 Å². The number of anilines is 1. The summed E-state index contributed by atoms with van der Waals surface area (Å²) in [6, 6.07) is 1.45. The zero-order chi connectivity index (χ0) is 13.1. The molecule has 0 amide bonds. The van der Waals surface area contributed by atoms with Gasteiger partial charge in [-0.05, 0) is 17.9 Å². The van der Waals surface area contributed by atoms with E-state index in [2.05, 4.69) is 31.1 Å². The molecule has 5 heteroatoms. The number of carboxylic acids is 1. The molecule has 0 aliphatic carbocycles. The second-order valence-corrected chi connectivity index (χ2v) is 5.50. The molecule has 0 saturated heterocycles. The Labute approximate surface area is 106 Å². The van der Waals surface area contributed by atoms with Crippen LogP contribution in [0.25, 0.3) is 0 Å². The van der Waals surface area contributed by atoms with E-state index in [4.69, 9.17) is 16.7 Å². The molecule has 4 nitrogen and oxygen atoms in total. The van der Waals surface area contributed by atoms with Crippen LogP contribution in [0.15, 0.2) is 12.3 Å². The predicted molar refractivity (Wildman–Crippen MR) is 68.8 cm³/mol. The van der Waals surface area contributed by atoms with E-state index in [1.807, 2.05) is 0 Å². The molecule has 0 radical (unpaired) electrons. The Hall–Kier alpha value is -1.29. The van der Waals surface area contributed by atoms with Crippen LogP contribution in [-0.4, -0.2) is 22.6 Å². The molecule has 0 saturated carbocycles. The smallest absolute Gasteiger partial charge is 0.337 e. The third-order valence-corrected chi connectivity index (χ3v) is 2.57. The molecule has 94 valence electrons. The summed E-state index contributed by atoms with van der Waals surface area (Å²) in [5, 5.41) is 12.1. The van der Waals surface area contributed by atoms with Gasteiger partial charge in [-0.2, -0.15) is 0 Å². The van der Waals surface area contributed by atoms with Gasteiger partial charge in [-0.25, -0.2) is 9.78 Å². The van der Waals surface area contributed by atoms with Gasteiger partial charge in [-0.3, -0.25) is 0 Å². The van der Waals surface area contributed by atoms with Crippen LogP contribution >= 0.6 is 11.6 Å². The number of carbonyl (C=O) groups is 1. The average molecular weight is 257 g/mol. The fraction of sp³-hybridized carbons (Fsp3) is 0.500. The van der Waals surface area contributed by atoms with E-state index in [1.165, 1.54) is 12.3 Å². The zero-order valence-corrected chi connectivity index (χ0v) is 11.0. The van der Waals surface area contributed by atoms with E-state index in [0.717, 1.165) is 13.0 Å². The molecule has 2 N–H and O–H groups in total. The van der Waals surface area contributed by atoms with Crippen LogP contribution in [0, 0.1) is 5.41 Å². The van der Waals surface area contributed by atoms with Crippen LogP contribution in [0.5, 0.6) is 0 Å². The fourth-order valence-corrected chi connectivity index (χ4v) is 1.45. The van der Waals surface area contributed by atoms with Gasteiger partial charge in [0, 0.05) is 12.7 Å². The Morgan fingerprint density at radius 3 is 2.71 bits per heavy atom. The minimum atomic E-state index is -1.05. The van der Waals surface area contributed by atoms with Gasteiger partial charge in [0.05, 0.1) is 10.6 Å². The summed E-state index contributed by atoms with van der Waals surface area (Å²) in [5.74, 6) is -0.507. The van der Waals surface area contributed by atoms with Crippen molar-refractivity contribution >= 4 is 23.4 Å². The van der Waals surface area contributed by atoms with Gasteiger partial charge in [0.25, 0.3) is 0 Å². The minimum absolute atomic E-state index is 0.0694. The molecule has 1 rings (SSSR count). The number of rotatable bonds is 4. The average Bonchev–Trinajstić information content (AvgIpc) is 2.18. The van der Waals surface area contributed by atoms with Gasteiger partial charge < -0.3 is 10.4 Å². The van der Waals surface area contributed by atoms with Crippen LogP contribution < -0.4 is 5.32 Å². The minimum Gasteiger partial charge on any atom is -0.478 e. The zero-order valence-electron chi connectivity index (χ0n) is 10.2. The van der Waals surface area contributed by atoms with Crippen molar-refractivity contribution in [2.45, 2.75) is 27.2 Å². The van der Waals surface area contributed by atoms with Gasteiger partial charge in [-0.1, -0.05) is 32.4 Å². The molecule has 1 aromatic rings. The monoisotopic (exact) mass is 256 g/mol. The van der Waals surface area contributed by atoms with Crippen LogP contribution in [0.1, 0.15) is 37.6 Å². The maximum absolute atomic E-state index is 10.9. The SMILES string of the molecule is CC(C)(C)CCNc1cc(C(=O)O)c(Cl)cn1. The second kappa shape index (κ2) is 5.36. The summed E-state index contributed by atoms with van der Waals surface area (Å²) in [6.07, 6.45) is 2.32. The Morgan fingerprint density at radius 1 is 1.53 bits per heavy atom. The number of aromatic nitrogens is 1. The highest BCUT2D eigenvalue weighted by Gasteiger charge is 2.12. The van der Waals surface area contributed by atoms with Crippen molar-refractivity contribution in [3.63, 3.8) is 0 Å². The highest BCUT2D eigenvalue weighted by Crippen LogP contribution is 2.20. The first kappa shape index (κ1) is 13.8. The molecule has 1 aromatic heterocycles. The van der Waals surface area contributed by atoms with E-state index in [0.29, 0.717) is 5.82 Å². The van der Waals surface area contributed by atoms with Crippen LogP contribution in [0.3, 0.4) is 0 Å². The Bertz CT molecular complexity index is 413. The highest BCUT2D eigenvalue weighted by molar-refractivity contribution is 6.33. The lowest BCUT2D eigenvalue weighted by molar-refractivity contribution is 0.0697. The number of carboxylic acid groups (broad SMARTS) is 1. The molecule has 0 atom stereocenters. The number of hydrogen-bond acceptors (Lipinski definition) is 3. The van der Waals surface area contributed by atoms with Crippen molar-refractivity contribution in [3.8, 4) is 0 Å². The number of pyridine rings is 1. The van der Waals surface area contributed by atoms with Gasteiger partial charge in [0.2, 0.25) is 0 Å². The second-order valence-electron chi connectivity index (χ2n) is 5.09. The Kier molecular flexibility index (Phi) is 4.34. The highest BCUT2D eigenvalue weighted by atomic mass is 35.5. The maximum atomic E-state index is 10.9. The van der Waals surface area contributed by atoms with Crippen LogP contribution in [0.4, 0.5) is 5.82 Å². The molecule has 0 spiro atoms. The number of nitrogens with zero attached hydrogens (tertiary/aromatic N) is 1. The van der Waals surface area contributed by atoms with Crippen molar-refractivity contribution in [1.29, 1.82) is 0 Å². The van der Waals surface area contributed by atoms with Gasteiger partial charge in [0.15, 0.2) is 0 Å². The summed E-state index contributed by atoms with van der Waals surface area (Å²) >= 11 is 5.73. The molecular formula is C12H17ClN2O2. The summed E-state index contributed by atoms with van der Waals surface area (Å²) in [4.78, 5) is 14.9. The predicted octanol–water partition coefficient (Wildman–Crippen LogP) is 3.28. The normalized spacial score (nSPS) is 11.3. The molecular weight excluding hydrogens is 240 g/mol. The van der Waals surface area contributed by atoms with Crippen molar-refractivity contribution in [1.82, 2.24) is 4.98 Å². The molecule has 1 heterocycles. The maximum Gasteiger partial charge on any atom is 0.337 e. The first-order chi connectivity index (χ1) is 7.79. The molecule has 0 fully saturated rings. The van der Waals surface area contributed by atoms with Crippen LogP contribution in [-0.2, 0) is 0 Å². The number of hydrogen-bond donors (Lipinski definition) is 2. The van der Waals surface area contributed by atoms with Gasteiger partial charge in [-0.15, -0.1) is 0 Å². The van der Waals surface area contributed by atoms with Crippen molar-refractivity contribution in [3.05, 3.63) is 22.8 Å². The van der Waals surface area contributed by atoms with Gasteiger partial charge >= 0.3 is 5.97 Å². The largest absolute Gasteiger partial charge is 0.478 e. The van der Waals surface area contributed by atoms with E-state index in [1.54, 1.807) is 0 Å². The van der Waals surface area contributed by atoms with E-state index in [-0.39, 0.29) is 16.0 Å². The number of aromatic carboxylic acids is 1. The topological polar surface area (TPSA) is 62.2 Å². The first-order valence-electron chi connectivity index (χ1n) is 5.42. The summed E-state index contributed by atoms with van der Waals surface area (Å²) < 4.78 is 0. The molecule has 0 bridgehead atoms. The standard InChI is InChI=1S/C12H17ClN2O2/c1-12(2,3)4-5-14-10-6-8(11(16)17)9(13)7-15-10/h6-7H,4-5H2,1-3H3,(H,14,15)(H,16,17). The number of halogens is 1. The fourth-order valence-electron chi connectivity index (χ4n) is 1.26. The van der Waals surface area contributed by atoms with Crippen molar-refractivity contribution in [2.75, 3.05) is 11.9 Å². The molecule has 0 aliphatic rings. The molecule has 0 aromatic carbocycles. The summed E-state index contributed by atoms with van der Waals surface area (Å²) in [6.45, 7) is 7.18. The summed E-state index contributed by atoms with van der Waals surface area (Å²) in [5.41, 5.74) is 0.301. The first-order valence-corrected chi connectivity index (χ1v) is 5.80. The lowest BCUT2D eigenvalue weighted by Gasteiger charge is -2.18. The third kappa shape index (κ3) is 4.61. The van der Waals surface area contributed by atoms with Gasteiger partial charge in [0.1, 0.15) is 5.82 Å². The molecule has 17 heavy (non-hydrogen) atoms. The lowest BCUT2D eigenvalue weighted by Crippen LogP contribution is -2.13. The summed E-state index contributed by atoms with van der Waals surface area (Å²) in [7, 11) is 0. The van der Waals surface area contributed by atoms with E-state index in [9.17, 15) is 4.79 Å². The van der Waals surface area contributed by atoms with Crippen molar-refractivity contribution < 1.29 is 9.90 Å².